The molecule has 0 unspecified atom stereocenters. The smallest absolute Gasteiger partial charge is 0.252 e. The molecule has 0 saturated carbocycles. The standard InChI is InChI=1S/C64H66BN3/c1-61(2,3)45-26-32-50(33-27-45)67-56-36-30-47(63(7,8)9)39-54(56)65-55-40-48(64(10,11)12)31-37-57(55)68(51-34-28-46(29-35-51)62(4,5)6)59-42-53(41-58(67)60(59)65)66(49-23-17-14-18-24-49)52-25-19-22-44(38-52)43-20-15-13-16-21-43/h13-42H,1-12H3/i13D,14D,15D,16D,17D,18D,20D,21D,23D,24D. The van der Waals surface area contributed by atoms with Crippen LogP contribution in [0.15, 0.2) is 182 Å². The Morgan fingerprint density at radius 1 is 0.382 bits per heavy atom. The predicted molar refractivity (Wildman–Crippen MR) is 295 cm³/mol. The lowest BCUT2D eigenvalue weighted by atomic mass is 9.33. The highest BCUT2D eigenvalue weighted by Crippen LogP contribution is 2.49. The monoisotopic (exact) mass is 898 g/mol. The van der Waals surface area contributed by atoms with Gasteiger partial charge in [-0.2, -0.15) is 0 Å². The Hall–Kier alpha value is -6.78. The van der Waals surface area contributed by atoms with Gasteiger partial charge < -0.3 is 14.7 Å². The minimum atomic E-state index is -0.544. The van der Waals surface area contributed by atoms with Gasteiger partial charge in [-0.1, -0.05) is 192 Å². The summed E-state index contributed by atoms with van der Waals surface area (Å²) in [4.78, 5) is 6.27. The van der Waals surface area contributed by atoms with Crippen molar-refractivity contribution in [3.05, 3.63) is 204 Å². The van der Waals surface area contributed by atoms with Crippen molar-refractivity contribution in [2.75, 3.05) is 14.7 Å². The minimum absolute atomic E-state index is 0.0283. The first-order valence-electron chi connectivity index (χ1n) is 28.7. The summed E-state index contributed by atoms with van der Waals surface area (Å²) < 4.78 is 89.6. The molecule has 0 saturated heterocycles. The Morgan fingerprint density at radius 3 is 1.25 bits per heavy atom. The Labute approximate surface area is 421 Å². The first-order chi connectivity index (χ1) is 36.4. The van der Waals surface area contributed by atoms with Gasteiger partial charge in [-0.25, -0.2) is 0 Å². The molecule has 8 aromatic carbocycles. The van der Waals surface area contributed by atoms with E-state index in [0.717, 1.165) is 50.5 Å². The molecule has 2 aliphatic rings. The molecule has 0 N–H and O–H groups in total. The lowest BCUT2D eigenvalue weighted by Crippen LogP contribution is -2.61. The number of para-hydroxylation sites is 1. The first-order valence-corrected chi connectivity index (χ1v) is 23.7. The molecule has 0 fully saturated rings. The predicted octanol–water partition coefficient (Wildman–Crippen LogP) is 16.1. The lowest BCUT2D eigenvalue weighted by molar-refractivity contribution is 0.590. The number of benzene rings is 8. The topological polar surface area (TPSA) is 9.72 Å². The molecule has 340 valence electrons. The summed E-state index contributed by atoms with van der Waals surface area (Å²) in [6.07, 6.45) is 0. The van der Waals surface area contributed by atoms with Crippen molar-refractivity contribution in [1.82, 2.24) is 0 Å². The van der Waals surface area contributed by atoms with E-state index < -0.39 is 48.3 Å². The fourth-order valence-electron chi connectivity index (χ4n) is 9.79. The maximum atomic E-state index is 9.62. The Kier molecular flexibility index (Phi) is 8.36. The fourth-order valence-corrected chi connectivity index (χ4v) is 9.79. The van der Waals surface area contributed by atoms with Crippen LogP contribution in [0.4, 0.5) is 51.2 Å². The molecule has 0 aromatic heterocycles. The van der Waals surface area contributed by atoms with Gasteiger partial charge in [0, 0.05) is 45.5 Å². The van der Waals surface area contributed by atoms with E-state index in [-0.39, 0.29) is 57.3 Å². The van der Waals surface area contributed by atoms with E-state index in [1.807, 2.05) is 0 Å². The summed E-state index contributed by atoms with van der Waals surface area (Å²) in [6, 6.07) is 37.2. The quantitative estimate of drug-likeness (QED) is 0.154. The van der Waals surface area contributed by atoms with E-state index in [1.54, 1.807) is 29.2 Å². The van der Waals surface area contributed by atoms with Gasteiger partial charge in [0.25, 0.3) is 6.71 Å². The Balaban J connectivity index is 1.38. The Morgan fingerprint density at radius 2 is 0.809 bits per heavy atom. The molecule has 10 rings (SSSR count). The minimum Gasteiger partial charge on any atom is -0.311 e. The number of fused-ring (bicyclic) bond motifs is 4. The number of nitrogens with zero attached hydrogens (tertiary/aromatic N) is 3. The van der Waals surface area contributed by atoms with Gasteiger partial charge in [-0.15, -0.1) is 0 Å². The summed E-state index contributed by atoms with van der Waals surface area (Å²) in [6.45, 7) is 26.3. The maximum absolute atomic E-state index is 9.62. The van der Waals surface area contributed by atoms with E-state index in [1.165, 1.54) is 22.3 Å². The van der Waals surface area contributed by atoms with Crippen LogP contribution in [0.25, 0.3) is 11.1 Å². The molecule has 0 spiro atoms. The van der Waals surface area contributed by atoms with Crippen LogP contribution in [0.5, 0.6) is 0 Å². The third-order valence-electron chi connectivity index (χ3n) is 13.6. The summed E-state index contributed by atoms with van der Waals surface area (Å²) >= 11 is 0. The number of rotatable bonds is 6. The number of hydrogen-bond acceptors (Lipinski definition) is 3. The molecular weight excluding hydrogens is 822 g/mol. The summed E-state index contributed by atoms with van der Waals surface area (Å²) in [5.41, 5.74) is 13.6. The second-order valence-corrected chi connectivity index (χ2v) is 22.5. The molecule has 3 nitrogen and oxygen atoms in total. The van der Waals surface area contributed by atoms with Gasteiger partial charge in [0.1, 0.15) is 0 Å². The third kappa shape index (κ3) is 8.12. The first kappa shape index (κ1) is 34.5. The van der Waals surface area contributed by atoms with Crippen molar-refractivity contribution >= 4 is 74.3 Å². The molecule has 2 aliphatic heterocycles. The molecular formula is C64H66BN3. The van der Waals surface area contributed by atoms with E-state index in [2.05, 4.69) is 190 Å². The van der Waals surface area contributed by atoms with Crippen molar-refractivity contribution < 1.29 is 13.7 Å². The van der Waals surface area contributed by atoms with Crippen molar-refractivity contribution in [1.29, 1.82) is 0 Å². The number of anilines is 9. The lowest BCUT2D eigenvalue weighted by Gasteiger charge is -2.45. The molecule has 2 heterocycles. The molecule has 0 amide bonds. The van der Waals surface area contributed by atoms with E-state index in [4.69, 9.17) is 11.0 Å². The van der Waals surface area contributed by atoms with Gasteiger partial charge in [-0.3, -0.25) is 0 Å². The largest absolute Gasteiger partial charge is 0.311 e. The molecule has 4 heteroatoms. The highest BCUT2D eigenvalue weighted by Gasteiger charge is 2.45. The highest BCUT2D eigenvalue weighted by molar-refractivity contribution is 7.00. The second kappa shape index (κ2) is 16.5. The summed E-state index contributed by atoms with van der Waals surface area (Å²) in [5, 5.41) is 0. The van der Waals surface area contributed by atoms with Gasteiger partial charge >= 0.3 is 0 Å². The molecule has 0 bridgehead atoms. The van der Waals surface area contributed by atoms with Gasteiger partial charge in [-0.05, 0) is 144 Å². The summed E-state index contributed by atoms with van der Waals surface area (Å²) in [7, 11) is 0. The van der Waals surface area contributed by atoms with Crippen LogP contribution in [-0.2, 0) is 21.7 Å². The normalized spacial score (nSPS) is 15.6. The van der Waals surface area contributed by atoms with Crippen LogP contribution in [-0.4, -0.2) is 6.71 Å². The van der Waals surface area contributed by atoms with Gasteiger partial charge in [0.2, 0.25) is 0 Å². The van der Waals surface area contributed by atoms with Crippen LogP contribution >= 0.6 is 0 Å². The average molecular weight is 898 g/mol. The highest BCUT2D eigenvalue weighted by atomic mass is 15.2. The van der Waals surface area contributed by atoms with Crippen molar-refractivity contribution in [3.8, 4) is 11.1 Å². The molecule has 0 aliphatic carbocycles. The van der Waals surface area contributed by atoms with Crippen molar-refractivity contribution in [2.24, 2.45) is 0 Å². The van der Waals surface area contributed by atoms with Crippen LogP contribution < -0.4 is 31.1 Å². The molecule has 8 aromatic rings. The fraction of sp³-hybridized carbons (Fsp3) is 0.250. The van der Waals surface area contributed by atoms with Crippen LogP contribution in [0, 0.1) is 0 Å². The zero-order chi connectivity index (χ0) is 56.6. The Bertz CT molecular complexity index is 3550. The van der Waals surface area contributed by atoms with Crippen LogP contribution in [0.2, 0.25) is 0 Å². The number of hydrogen-bond donors (Lipinski definition) is 0. The zero-order valence-corrected chi connectivity index (χ0v) is 41.5. The van der Waals surface area contributed by atoms with E-state index >= 15 is 0 Å². The van der Waals surface area contributed by atoms with Crippen LogP contribution in [0.3, 0.4) is 0 Å². The average Bonchev–Trinajstić information content (AvgIpc) is 3.59. The molecule has 0 radical (unpaired) electrons. The summed E-state index contributed by atoms with van der Waals surface area (Å²) in [5.74, 6) is 0. The van der Waals surface area contributed by atoms with Crippen molar-refractivity contribution in [2.45, 2.75) is 105 Å². The van der Waals surface area contributed by atoms with Crippen LogP contribution in [0.1, 0.15) is 119 Å². The second-order valence-electron chi connectivity index (χ2n) is 22.5. The van der Waals surface area contributed by atoms with E-state index in [9.17, 15) is 2.74 Å². The SMILES string of the molecule is [2H]c1c([2H])c([2H])c(-c2cccc(N(c3cc4c5c(c3)N(c3ccc(C(C)(C)C)cc3)c3ccc(C(C)(C)C)cc3B5c3cc(C(C)(C)C)ccc3N4c3ccc(C(C)(C)C)cc3)c3c([2H])c([2H])c([2H])c([2H])c3[2H])c2)c([2H])c1[2H]. The third-order valence-corrected chi connectivity index (χ3v) is 13.6. The maximum Gasteiger partial charge on any atom is 0.252 e. The molecule has 68 heavy (non-hydrogen) atoms. The zero-order valence-electron chi connectivity index (χ0n) is 51.5. The van der Waals surface area contributed by atoms with Gasteiger partial charge in [0.05, 0.1) is 19.4 Å². The van der Waals surface area contributed by atoms with Gasteiger partial charge in [0.15, 0.2) is 0 Å². The molecule has 0 atom stereocenters. The van der Waals surface area contributed by atoms with E-state index in [0.29, 0.717) is 11.4 Å². The van der Waals surface area contributed by atoms with Crippen molar-refractivity contribution in [3.63, 3.8) is 0 Å².